The zero-order valence-corrected chi connectivity index (χ0v) is 13.7. The molecule has 126 valence electrons. The molecular weight excluding hydrogens is 298 g/mol. The summed E-state index contributed by atoms with van der Waals surface area (Å²) in [6, 6.07) is 0. The van der Waals surface area contributed by atoms with E-state index in [-0.39, 0.29) is 60.4 Å². The van der Waals surface area contributed by atoms with Crippen molar-refractivity contribution in [1.29, 1.82) is 0 Å². The molecule has 0 N–H and O–H groups in total. The summed E-state index contributed by atoms with van der Waals surface area (Å²) >= 11 is 0. The van der Waals surface area contributed by atoms with Gasteiger partial charge in [0.1, 0.15) is 6.10 Å². The van der Waals surface area contributed by atoms with Crippen LogP contribution in [-0.2, 0) is 23.9 Å². The van der Waals surface area contributed by atoms with Gasteiger partial charge in [-0.05, 0) is 19.8 Å². The number of hydrogen-bond donors (Lipinski definition) is 0. The molecule has 3 fully saturated rings. The molecule has 23 heavy (non-hydrogen) atoms. The van der Waals surface area contributed by atoms with E-state index < -0.39 is 0 Å². The van der Waals surface area contributed by atoms with Crippen molar-refractivity contribution in [3.63, 3.8) is 0 Å². The molecule has 2 saturated heterocycles. The van der Waals surface area contributed by atoms with E-state index in [9.17, 15) is 14.4 Å². The lowest BCUT2D eigenvalue weighted by Gasteiger charge is -2.17. The lowest BCUT2D eigenvalue weighted by atomic mass is 9.81. The summed E-state index contributed by atoms with van der Waals surface area (Å²) in [5.41, 5.74) is 0. The Bertz CT molecular complexity index is 529. The van der Waals surface area contributed by atoms with Crippen molar-refractivity contribution in [2.75, 3.05) is 6.54 Å². The van der Waals surface area contributed by atoms with E-state index in [2.05, 4.69) is 0 Å². The highest BCUT2D eigenvalue weighted by Crippen LogP contribution is 2.46. The maximum atomic E-state index is 12.4. The van der Waals surface area contributed by atoms with Crippen LogP contribution in [0, 0.1) is 17.8 Å². The predicted octanol–water partition coefficient (Wildman–Crippen LogP) is 1.29. The molecule has 1 aliphatic carbocycles. The first-order valence-electron chi connectivity index (χ1n) is 8.23. The van der Waals surface area contributed by atoms with Gasteiger partial charge in [-0.3, -0.25) is 19.3 Å². The molecule has 3 rings (SSSR count). The summed E-state index contributed by atoms with van der Waals surface area (Å²) in [7, 11) is 0. The van der Waals surface area contributed by atoms with Crippen LogP contribution in [0.4, 0.5) is 0 Å². The number of ether oxygens (including phenoxy) is 2. The van der Waals surface area contributed by atoms with Crippen molar-refractivity contribution in [2.45, 2.75) is 51.9 Å². The van der Waals surface area contributed by atoms with Crippen LogP contribution < -0.4 is 0 Å². The van der Waals surface area contributed by atoms with E-state index in [0.717, 1.165) is 0 Å². The minimum Gasteiger partial charge on any atom is -0.462 e. The van der Waals surface area contributed by atoms with Gasteiger partial charge < -0.3 is 9.47 Å². The molecule has 2 aliphatic heterocycles. The van der Waals surface area contributed by atoms with Gasteiger partial charge in [0.05, 0.1) is 24.0 Å². The van der Waals surface area contributed by atoms with Crippen LogP contribution in [0.5, 0.6) is 0 Å². The number of hydrogen-bond acceptors (Lipinski definition) is 5. The Morgan fingerprint density at radius 3 is 2.35 bits per heavy atom. The van der Waals surface area contributed by atoms with Gasteiger partial charge in [0.2, 0.25) is 11.8 Å². The van der Waals surface area contributed by atoms with Crippen LogP contribution >= 0.6 is 0 Å². The maximum Gasteiger partial charge on any atom is 0.302 e. The topological polar surface area (TPSA) is 76.2 Å². The zero-order valence-electron chi connectivity index (χ0n) is 13.7. The van der Waals surface area contributed by atoms with E-state index in [0.29, 0.717) is 12.8 Å². The van der Waals surface area contributed by atoms with Crippen LogP contribution in [0.1, 0.15) is 33.6 Å². The predicted molar refractivity (Wildman–Crippen MR) is 81.1 cm³/mol. The molecule has 2 heterocycles. The van der Waals surface area contributed by atoms with Crippen molar-refractivity contribution in [2.24, 2.45) is 17.8 Å². The molecule has 0 aromatic rings. The molecule has 0 radical (unpaired) electrons. The molecule has 6 atom stereocenters. The molecule has 6 unspecified atom stereocenters. The number of esters is 1. The van der Waals surface area contributed by atoms with E-state index in [1.54, 1.807) is 0 Å². The molecule has 2 amide bonds. The third kappa shape index (κ3) is 3.17. The van der Waals surface area contributed by atoms with E-state index in [1.165, 1.54) is 11.8 Å². The highest BCUT2D eigenvalue weighted by Gasteiger charge is 2.58. The summed E-state index contributed by atoms with van der Waals surface area (Å²) in [6.45, 7) is 5.42. The van der Waals surface area contributed by atoms with Gasteiger partial charge in [-0.25, -0.2) is 0 Å². The number of carbonyl (C=O) groups excluding carboxylic acids is 3. The molecule has 0 bridgehead atoms. The van der Waals surface area contributed by atoms with Gasteiger partial charge >= 0.3 is 5.97 Å². The SMILES string of the molecule is CC(=O)OC(C)C(C)/C=C\CN1C(=O)C2CC3OC3CC2C1=O. The highest BCUT2D eigenvalue weighted by molar-refractivity contribution is 6.05. The van der Waals surface area contributed by atoms with Crippen LogP contribution in [-0.4, -0.2) is 47.5 Å². The number of fused-ring (bicyclic) bond motifs is 2. The van der Waals surface area contributed by atoms with Crippen LogP contribution in [0.2, 0.25) is 0 Å². The Morgan fingerprint density at radius 1 is 1.26 bits per heavy atom. The standard InChI is InChI=1S/C17H23NO5/c1-9(10(2)22-11(3)19)5-4-6-18-16(20)12-7-14-15(23-14)8-13(12)17(18)21/h4-5,9-10,12-15H,6-8H2,1-3H3/b5-4-. The molecule has 0 aromatic carbocycles. The second-order valence-corrected chi connectivity index (χ2v) is 6.79. The Morgan fingerprint density at radius 2 is 1.83 bits per heavy atom. The Labute approximate surface area is 135 Å². The number of imide groups is 1. The molecule has 6 nitrogen and oxygen atoms in total. The second kappa shape index (κ2) is 6.07. The van der Waals surface area contributed by atoms with Crippen molar-refractivity contribution in [3.8, 4) is 0 Å². The minimum absolute atomic E-state index is 0.0232. The quantitative estimate of drug-likeness (QED) is 0.330. The van der Waals surface area contributed by atoms with Gasteiger partial charge in [-0.1, -0.05) is 19.1 Å². The van der Waals surface area contributed by atoms with Crippen molar-refractivity contribution in [1.82, 2.24) is 4.90 Å². The first-order chi connectivity index (χ1) is 10.9. The van der Waals surface area contributed by atoms with Crippen LogP contribution in [0.25, 0.3) is 0 Å². The largest absolute Gasteiger partial charge is 0.462 e. The number of epoxide rings is 1. The van der Waals surface area contributed by atoms with E-state index in [4.69, 9.17) is 9.47 Å². The fraction of sp³-hybridized carbons (Fsp3) is 0.706. The van der Waals surface area contributed by atoms with Gasteiger partial charge in [0, 0.05) is 19.4 Å². The lowest BCUT2D eigenvalue weighted by Crippen LogP contribution is -2.31. The fourth-order valence-electron chi connectivity index (χ4n) is 3.56. The van der Waals surface area contributed by atoms with E-state index >= 15 is 0 Å². The Kier molecular flexibility index (Phi) is 4.27. The van der Waals surface area contributed by atoms with E-state index in [1.807, 2.05) is 26.0 Å². The Balaban J connectivity index is 1.56. The summed E-state index contributed by atoms with van der Waals surface area (Å²) < 4.78 is 10.6. The Hall–Kier alpha value is -1.69. The van der Waals surface area contributed by atoms with Crippen LogP contribution in [0.15, 0.2) is 12.2 Å². The average Bonchev–Trinajstić information content (AvgIpc) is 3.22. The molecule has 0 aromatic heterocycles. The number of likely N-dealkylation sites (tertiary alicyclic amines) is 1. The fourth-order valence-corrected chi connectivity index (χ4v) is 3.56. The van der Waals surface area contributed by atoms with Gasteiger partial charge in [-0.15, -0.1) is 0 Å². The smallest absolute Gasteiger partial charge is 0.302 e. The van der Waals surface area contributed by atoms with Gasteiger partial charge in [-0.2, -0.15) is 0 Å². The monoisotopic (exact) mass is 321 g/mol. The molecular formula is C17H23NO5. The van der Waals surface area contributed by atoms with Crippen molar-refractivity contribution >= 4 is 17.8 Å². The third-order valence-corrected chi connectivity index (χ3v) is 5.13. The molecule has 1 saturated carbocycles. The first kappa shape index (κ1) is 16.2. The molecule has 6 heteroatoms. The van der Waals surface area contributed by atoms with Gasteiger partial charge in [0.25, 0.3) is 0 Å². The van der Waals surface area contributed by atoms with Crippen molar-refractivity contribution in [3.05, 3.63) is 12.2 Å². The zero-order chi connectivity index (χ0) is 16.7. The summed E-state index contributed by atoms with van der Waals surface area (Å²) in [6.07, 6.45) is 5.20. The van der Waals surface area contributed by atoms with Crippen molar-refractivity contribution < 1.29 is 23.9 Å². The third-order valence-electron chi connectivity index (χ3n) is 5.13. The summed E-state index contributed by atoms with van der Waals surface area (Å²) in [4.78, 5) is 37.1. The number of nitrogens with zero attached hydrogens (tertiary/aromatic N) is 1. The molecule has 3 aliphatic rings. The first-order valence-corrected chi connectivity index (χ1v) is 8.23. The summed E-state index contributed by atoms with van der Waals surface area (Å²) in [5, 5.41) is 0. The normalized spacial score (nSPS) is 35.0. The average molecular weight is 321 g/mol. The van der Waals surface area contributed by atoms with Gasteiger partial charge in [0.15, 0.2) is 0 Å². The maximum absolute atomic E-state index is 12.4. The lowest BCUT2D eigenvalue weighted by molar-refractivity contribution is -0.147. The van der Waals surface area contributed by atoms with Crippen LogP contribution in [0.3, 0.4) is 0 Å². The summed E-state index contributed by atoms with van der Waals surface area (Å²) in [5.74, 6) is -0.824. The number of carbonyl (C=O) groups is 3. The minimum atomic E-state index is -0.312. The number of rotatable bonds is 5. The number of amides is 2. The molecule has 0 spiro atoms. The second-order valence-electron chi connectivity index (χ2n) is 6.79. The highest BCUT2D eigenvalue weighted by atomic mass is 16.6.